The van der Waals surface area contributed by atoms with E-state index in [0.29, 0.717) is 0 Å². The number of alkyl halides is 3. The number of hydrogen-bond donors (Lipinski definition) is 4. The van der Waals surface area contributed by atoms with Crippen molar-refractivity contribution in [3.63, 3.8) is 0 Å². The molecule has 0 bridgehead atoms. The first-order chi connectivity index (χ1) is 20.3. The number of aliphatic carboxylic acids is 1. The smallest absolute Gasteiger partial charge is 0.416 e. The van der Waals surface area contributed by atoms with Crippen LogP contribution in [0.5, 0.6) is 0 Å². The van der Waals surface area contributed by atoms with Crippen molar-refractivity contribution in [2.75, 3.05) is 11.9 Å². The van der Waals surface area contributed by atoms with E-state index in [1.807, 2.05) is 0 Å². The first kappa shape index (κ1) is 34.3. The van der Waals surface area contributed by atoms with Gasteiger partial charge < -0.3 is 30.4 Å². The third-order valence-corrected chi connectivity index (χ3v) is 5.77. The van der Waals surface area contributed by atoms with Crippen LogP contribution in [0.25, 0.3) is 0 Å². The zero-order valence-corrected chi connectivity index (χ0v) is 23.1. The molecule has 0 aliphatic rings. The van der Waals surface area contributed by atoms with Gasteiger partial charge in [0.25, 0.3) is 5.56 Å². The maximum atomic E-state index is 13.2. The number of halogens is 3. The number of allylic oxidation sites excluding steroid dienone is 1. The number of ether oxygens (including phenoxy) is 1. The minimum Gasteiger partial charge on any atom is -0.481 e. The second kappa shape index (κ2) is 16.5. The van der Waals surface area contributed by atoms with Gasteiger partial charge in [-0.3, -0.25) is 24.0 Å². The first-order valence-corrected chi connectivity index (χ1v) is 13.1. The summed E-state index contributed by atoms with van der Waals surface area (Å²) < 4.78 is 45.3. The number of hydrogen-bond acceptors (Lipinski definition) is 7. The summed E-state index contributed by atoms with van der Waals surface area (Å²) in [5, 5.41) is 15.9. The molecule has 15 heteroatoms. The number of amides is 3. The van der Waals surface area contributed by atoms with Gasteiger partial charge in [-0.1, -0.05) is 24.3 Å². The van der Waals surface area contributed by atoms with Gasteiger partial charge in [0, 0.05) is 25.2 Å². The van der Waals surface area contributed by atoms with Gasteiger partial charge in [-0.25, -0.2) is 4.79 Å². The molecule has 12 nitrogen and oxygen atoms in total. The Morgan fingerprint density at radius 3 is 2.44 bits per heavy atom. The summed E-state index contributed by atoms with van der Waals surface area (Å²) in [6.07, 6.45) is -1.58. The van der Waals surface area contributed by atoms with Crippen LogP contribution < -0.4 is 21.5 Å². The highest BCUT2D eigenvalue weighted by molar-refractivity contribution is 5.97. The molecule has 0 aliphatic heterocycles. The third kappa shape index (κ3) is 11.8. The third-order valence-electron chi connectivity index (χ3n) is 5.77. The SMILES string of the molecule is CCOC(=O)C=CCCC(NC(=O)CCC(=O)O)C(=O)Nc1cccn(CC(=O)NCc2ccccc2C(F)(F)F)c1=O. The molecule has 2 aromatic rings. The van der Waals surface area contributed by atoms with Gasteiger partial charge in [0.05, 0.1) is 18.6 Å². The zero-order valence-electron chi connectivity index (χ0n) is 23.1. The lowest BCUT2D eigenvalue weighted by Crippen LogP contribution is -2.44. The summed E-state index contributed by atoms with van der Waals surface area (Å²) in [5.41, 5.74) is -2.13. The molecule has 4 N–H and O–H groups in total. The van der Waals surface area contributed by atoms with Crippen molar-refractivity contribution in [2.24, 2.45) is 0 Å². The van der Waals surface area contributed by atoms with Crippen molar-refractivity contribution in [1.29, 1.82) is 0 Å². The first-order valence-electron chi connectivity index (χ1n) is 13.1. The lowest BCUT2D eigenvalue weighted by Gasteiger charge is -2.18. The van der Waals surface area contributed by atoms with E-state index in [1.54, 1.807) is 6.92 Å². The van der Waals surface area contributed by atoms with Crippen LogP contribution in [-0.4, -0.2) is 52.0 Å². The van der Waals surface area contributed by atoms with Crippen molar-refractivity contribution in [1.82, 2.24) is 15.2 Å². The van der Waals surface area contributed by atoms with Gasteiger partial charge in [-0.05, 0) is 43.5 Å². The Kier molecular flexibility index (Phi) is 13.1. The molecule has 1 heterocycles. The molecule has 1 aromatic heterocycles. The monoisotopic (exact) mass is 608 g/mol. The Hall–Kier alpha value is -4.95. The predicted octanol–water partition coefficient (Wildman–Crippen LogP) is 2.37. The van der Waals surface area contributed by atoms with Crippen LogP contribution in [-0.2, 0) is 48.0 Å². The fraction of sp³-hybridized carbons (Fsp3) is 0.357. The Bertz CT molecular complexity index is 1400. The number of nitrogens with zero attached hydrogens (tertiary/aromatic N) is 1. The van der Waals surface area contributed by atoms with Gasteiger partial charge >= 0.3 is 18.1 Å². The molecule has 0 saturated carbocycles. The van der Waals surface area contributed by atoms with Crippen molar-refractivity contribution >= 4 is 35.3 Å². The van der Waals surface area contributed by atoms with E-state index in [9.17, 15) is 41.9 Å². The second-order valence-electron chi connectivity index (χ2n) is 9.02. The van der Waals surface area contributed by atoms with Crippen LogP contribution in [0, 0.1) is 0 Å². The Balaban J connectivity index is 2.10. The van der Waals surface area contributed by atoms with Crippen LogP contribution in [0.15, 0.2) is 59.5 Å². The molecule has 0 saturated heterocycles. The Labute approximate surface area is 243 Å². The maximum absolute atomic E-state index is 13.2. The standard InChI is InChI=1S/C28H31F3N4O8/c1-2-43-25(40)12-6-5-10-20(33-22(36)13-14-24(38)39)26(41)34-21-11-7-15-35(27(21)42)17-23(37)32-16-18-8-3-4-9-19(18)28(29,30)31/h3-4,6-9,11-12,15,20H,2,5,10,13-14,16-17H2,1H3,(H,32,37)(H,33,36)(H,34,41)(H,38,39). The fourth-order valence-electron chi connectivity index (χ4n) is 3.72. The predicted molar refractivity (Wildman–Crippen MR) is 146 cm³/mol. The number of rotatable bonds is 15. The number of nitrogens with one attached hydrogen (secondary N) is 3. The van der Waals surface area contributed by atoms with E-state index in [1.165, 1.54) is 42.6 Å². The topological polar surface area (TPSA) is 173 Å². The van der Waals surface area contributed by atoms with Crippen molar-refractivity contribution < 1.29 is 47.0 Å². The summed E-state index contributed by atoms with van der Waals surface area (Å²) in [6.45, 7) is 0.787. The van der Waals surface area contributed by atoms with Crippen LogP contribution in [0.4, 0.5) is 18.9 Å². The molecule has 2 rings (SSSR count). The van der Waals surface area contributed by atoms with Crippen molar-refractivity contribution in [3.8, 4) is 0 Å². The van der Waals surface area contributed by atoms with E-state index in [2.05, 4.69) is 16.0 Å². The highest BCUT2D eigenvalue weighted by Gasteiger charge is 2.32. The quantitative estimate of drug-likeness (QED) is 0.176. The summed E-state index contributed by atoms with van der Waals surface area (Å²) >= 11 is 0. The number of carbonyl (C=O) groups excluding carboxylic acids is 4. The van der Waals surface area contributed by atoms with Gasteiger partial charge in [-0.2, -0.15) is 13.2 Å². The van der Waals surface area contributed by atoms with Gasteiger partial charge in [0.2, 0.25) is 17.7 Å². The Morgan fingerprint density at radius 2 is 1.77 bits per heavy atom. The number of aromatic nitrogens is 1. The Morgan fingerprint density at radius 1 is 1.05 bits per heavy atom. The van der Waals surface area contributed by atoms with E-state index in [4.69, 9.17) is 9.84 Å². The van der Waals surface area contributed by atoms with Gasteiger partial charge in [0.15, 0.2) is 0 Å². The zero-order chi connectivity index (χ0) is 32.0. The molecule has 0 spiro atoms. The number of anilines is 1. The van der Waals surface area contributed by atoms with E-state index in [0.717, 1.165) is 16.7 Å². The molecule has 43 heavy (non-hydrogen) atoms. The lowest BCUT2D eigenvalue weighted by molar-refractivity contribution is -0.139. The van der Waals surface area contributed by atoms with Crippen LogP contribution >= 0.6 is 0 Å². The van der Waals surface area contributed by atoms with E-state index < -0.39 is 78.9 Å². The minimum absolute atomic E-state index is 0.0244. The number of carboxylic acids is 1. The normalized spacial score (nSPS) is 11.9. The molecule has 1 unspecified atom stereocenters. The molecule has 0 fully saturated rings. The molecular weight excluding hydrogens is 577 g/mol. The molecule has 0 aliphatic carbocycles. The van der Waals surface area contributed by atoms with Crippen molar-refractivity contribution in [3.05, 3.63) is 76.2 Å². The summed E-state index contributed by atoms with van der Waals surface area (Å²) in [4.78, 5) is 72.8. The average molecular weight is 609 g/mol. The lowest BCUT2D eigenvalue weighted by atomic mass is 10.1. The van der Waals surface area contributed by atoms with Gasteiger partial charge in [-0.15, -0.1) is 0 Å². The summed E-state index contributed by atoms with van der Waals surface area (Å²) in [5.74, 6) is -4.14. The maximum Gasteiger partial charge on any atom is 0.416 e. The number of benzene rings is 1. The van der Waals surface area contributed by atoms with Gasteiger partial charge in [0.1, 0.15) is 18.3 Å². The largest absolute Gasteiger partial charge is 0.481 e. The molecule has 232 valence electrons. The molecule has 1 atom stereocenters. The van der Waals surface area contributed by atoms with Crippen LogP contribution in [0.1, 0.15) is 43.7 Å². The fourth-order valence-corrected chi connectivity index (χ4v) is 3.72. The van der Waals surface area contributed by atoms with Crippen molar-refractivity contribution in [2.45, 2.75) is 57.9 Å². The average Bonchev–Trinajstić information content (AvgIpc) is 2.94. The highest BCUT2D eigenvalue weighted by Crippen LogP contribution is 2.31. The van der Waals surface area contributed by atoms with Crippen LogP contribution in [0.2, 0.25) is 0 Å². The molecule has 1 aromatic carbocycles. The van der Waals surface area contributed by atoms with Crippen LogP contribution in [0.3, 0.4) is 0 Å². The second-order valence-corrected chi connectivity index (χ2v) is 9.02. The highest BCUT2D eigenvalue weighted by atomic mass is 19.4. The molecule has 3 amide bonds. The van der Waals surface area contributed by atoms with E-state index in [-0.39, 0.29) is 30.7 Å². The van der Waals surface area contributed by atoms with E-state index >= 15 is 0 Å². The number of carbonyl (C=O) groups is 5. The molecule has 0 radical (unpaired) electrons. The summed E-state index contributed by atoms with van der Waals surface area (Å²) in [6, 6.07) is 6.10. The minimum atomic E-state index is -4.62. The molecular formula is C28H31F3N4O8. The number of esters is 1. The number of pyridine rings is 1. The number of carboxylic acid groups (broad SMARTS) is 1. The summed E-state index contributed by atoms with van der Waals surface area (Å²) in [7, 11) is 0.